The van der Waals surface area contributed by atoms with Crippen LogP contribution in [0.1, 0.15) is 48.5 Å². The fraction of sp³-hybridized carbons (Fsp3) is 0.692. The summed E-state index contributed by atoms with van der Waals surface area (Å²) in [6.07, 6.45) is 6.62. The molecule has 0 spiro atoms. The lowest BCUT2D eigenvalue weighted by atomic mass is 10.2. The fourth-order valence-electron chi connectivity index (χ4n) is 2.25. The minimum Gasteiger partial charge on any atom is -0.352 e. The van der Waals surface area contributed by atoms with Crippen molar-refractivity contribution in [2.75, 3.05) is 6.54 Å². The Labute approximate surface area is 112 Å². The first-order valence-corrected chi connectivity index (χ1v) is 7.42. The van der Waals surface area contributed by atoms with Crippen LogP contribution in [0.15, 0.2) is 6.20 Å². The van der Waals surface area contributed by atoms with E-state index in [1.54, 1.807) is 11.3 Å². The lowest BCUT2D eigenvalue weighted by Crippen LogP contribution is -2.39. The predicted octanol–water partition coefficient (Wildman–Crippen LogP) is 2.16. The third-order valence-corrected chi connectivity index (χ3v) is 4.39. The lowest BCUT2D eigenvalue weighted by molar-refractivity contribution is -0.121. The summed E-state index contributed by atoms with van der Waals surface area (Å²) in [6.45, 7) is 4.46. The van der Waals surface area contributed by atoms with E-state index in [1.807, 2.05) is 20.0 Å². The van der Waals surface area contributed by atoms with Crippen molar-refractivity contribution in [1.82, 2.24) is 15.6 Å². The molecule has 1 aliphatic rings. The van der Waals surface area contributed by atoms with Crippen LogP contribution in [0, 0.1) is 6.92 Å². The predicted molar refractivity (Wildman–Crippen MR) is 73.7 cm³/mol. The fourth-order valence-corrected chi connectivity index (χ4v) is 3.06. The molecule has 0 aliphatic heterocycles. The topological polar surface area (TPSA) is 54.0 Å². The number of carbonyl (C=O) groups is 1. The number of hydrogen-bond acceptors (Lipinski definition) is 4. The highest BCUT2D eigenvalue weighted by molar-refractivity contribution is 7.11. The molecule has 1 amide bonds. The average Bonchev–Trinajstić information content (AvgIpc) is 2.97. The van der Waals surface area contributed by atoms with Gasteiger partial charge < -0.3 is 5.32 Å². The van der Waals surface area contributed by atoms with Crippen LogP contribution in [0.4, 0.5) is 0 Å². The van der Waals surface area contributed by atoms with Gasteiger partial charge in [0, 0.05) is 17.1 Å². The van der Waals surface area contributed by atoms with E-state index in [-0.39, 0.29) is 11.9 Å². The largest absolute Gasteiger partial charge is 0.352 e. The van der Waals surface area contributed by atoms with Gasteiger partial charge in [0.05, 0.1) is 12.6 Å². The van der Waals surface area contributed by atoms with Crippen LogP contribution in [0.25, 0.3) is 0 Å². The molecule has 0 bridgehead atoms. The van der Waals surface area contributed by atoms with Gasteiger partial charge in [-0.3, -0.25) is 10.1 Å². The van der Waals surface area contributed by atoms with Crippen molar-refractivity contribution in [1.29, 1.82) is 0 Å². The van der Waals surface area contributed by atoms with E-state index in [1.165, 1.54) is 17.7 Å². The minimum absolute atomic E-state index is 0.0991. The molecule has 1 aliphatic carbocycles. The zero-order chi connectivity index (χ0) is 13.0. The highest BCUT2D eigenvalue weighted by Crippen LogP contribution is 2.19. The van der Waals surface area contributed by atoms with Gasteiger partial charge in [-0.05, 0) is 26.7 Å². The van der Waals surface area contributed by atoms with E-state index in [0.717, 1.165) is 17.8 Å². The van der Waals surface area contributed by atoms with Crippen LogP contribution in [-0.4, -0.2) is 23.5 Å². The number of hydrogen-bond donors (Lipinski definition) is 2. The van der Waals surface area contributed by atoms with E-state index >= 15 is 0 Å². The van der Waals surface area contributed by atoms with Gasteiger partial charge in [0.25, 0.3) is 0 Å². The van der Waals surface area contributed by atoms with E-state index in [9.17, 15) is 4.79 Å². The number of rotatable bonds is 5. The summed E-state index contributed by atoms with van der Waals surface area (Å²) in [4.78, 5) is 17.3. The molecule has 1 unspecified atom stereocenters. The Balaban J connectivity index is 1.71. The summed E-state index contributed by atoms with van der Waals surface area (Å²) in [5.74, 6) is 0.0991. The number of carbonyl (C=O) groups excluding carboxylic acids is 1. The first-order chi connectivity index (χ1) is 8.65. The molecule has 0 radical (unpaired) electrons. The number of thiazole rings is 1. The third-order valence-electron chi connectivity index (χ3n) is 3.30. The Morgan fingerprint density at radius 3 is 2.89 bits per heavy atom. The number of aryl methyl sites for hydroxylation is 1. The molecular formula is C13H21N3OS. The number of aromatic nitrogens is 1. The highest BCUT2D eigenvalue weighted by atomic mass is 32.1. The molecule has 1 aromatic rings. The van der Waals surface area contributed by atoms with Crippen molar-refractivity contribution in [2.24, 2.45) is 0 Å². The van der Waals surface area contributed by atoms with Gasteiger partial charge >= 0.3 is 0 Å². The van der Waals surface area contributed by atoms with Gasteiger partial charge in [0.2, 0.25) is 5.91 Å². The summed E-state index contributed by atoms with van der Waals surface area (Å²) >= 11 is 1.68. The minimum atomic E-state index is 0.0991. The zero-order valence-corrected chi connectivity index (χ0v) is 11.8. The Bertz CT molecular complexity index is 399. The molecule has 2 rings (SSSR count). The second kappa shape index (κ2) is 6.29. The van der Waals surface area contributed by atoms with E-state index in [2.05, 4.69) is 15.6 Å². The molecular weight excluding hydrogens is 246 g/mol. The summed E-state index contributed by atoms with van der Waals surface area (Å²) in [5.41, 5.74) is 0. The van der Waals surface area contributed by atoms with Crippen LogP contribution < -0.4 is 10.6 Å². The van der Waals surface area contributed by atoms with Crippen molar-refractivity contribution < 1.29 is 4.79 Å². The van der Waals surface area contributed by atoms with Crippen molar-refractivity contribution in [3.8, 4) is 0 Å². The van der Waals surface area contributed by atoms with E-state index in [0.29, 0.717) is 12.6 Å². The Hall–Kier alpha value is -0.940. The van der Waals surface area contributed by atoms with Crippen molar-refractivity contribution in [2.45, 2.75) is 51.6 Å². The molecule has 100 valence electrons. The second-order valence-corrected chi connectivity index (χ2v) is 6.23. The lowest BCUT2D eigenvalue weighted by Gasteiger charge is -2.14. The average molecular weight is 267 g/mol. The number of nitrogens with zero attached hydrogens (tertiary/aromatic N) is 1. The maximum absolute atomic E-state index is 11.7. The first kappa shape index (κ1) is 13.5. The number of amides is 1. The Kier molecular flexibility index (Phi) is 4.72. The molecule has 1 saturated carbocycles. The van der Waals surface area contributed by atoms with Gasteiger partial charge in [-0.2, -0.15) is 0 Å². The molecule has 1 atom stereocenters. The first-order valence-electron chi connectivity index (χ1n) is 6.60. The molecule has 0 saturated heterocycles. The van der Waals surface area contributed by atoms with Crippen LogP contribution in [-0.2, 0) is 4.79 Å². The summed E-state index contributed by atoms with van der Waals surface area (Å²) in [7, 11) is 0. The van der Waals surface area contributed by atoms with E-state index < -0.39 is 0 Å². The molecule has 5 heteroatoms. The normalized spacial score (nSPS) is 17.9. The molecule has 4 nitrogen and oxygen atoms in total. The second-order valence-electron chi connectivity index (χ2n) is 4.96. The summed E-state index contributed by atoms with van der Waals surface area (Å²) in [6, 6.07) is 0.537. The maximum atomic E-state index is 11.7. The van der Waals surface area contributed by atoms with Gasteiger partial charge in [-0.25, -0.2) is 4.98 Å². The zero-order valence-electron chi connectivity index (χ0n) is 11.0. The standard InChI is InChI=1S/C13H21N3OS/c1-9-7-15-13(18-9)10(2)14-8-12(17)16-11-5-3-4-6-11/h7,10-11,14H,3-6,8H2,1-2H3,(H,16,17). The number of nitrogens with one attached hydrogen (secondary N) is 2. The van der Waals surface area contributed by atoms with Crippen molar-refractivity contribution in [3.63, 3.8) is 0 Å². The van der Waals surface area contributed by atoms with Crippen LogP contribution in [0.3, 0.4) is 0 Å². The SMILES string of the molecule is Cc1cnc(C(C)NCC(=O)NC2CCCC2)s1. The van der Waals surface area contributed by atoms with Gasteiger partial charge in [0.15, 0.2) is 0 Å². The van der Waals surface area contributed by atoms with Crippen LogP contribution >= 0.6 is 11.3 Å². The maximum Gasteiger partial charge on any atom is 0.234 e. The quantitative estimate of drug-likeness (QED) is 0.859. The smallest absolute Gasteiger partial charge is 0.234 e. The van der Waals surface area contributed by atoms with Gasteiger partial charge in [0.1, 0.15) is 5.01 Å². The summed E-state index contributed by atoms with van der Waals surface area (Å²) < 4.78 is 0. The molecule has 0 aromatic carbocycles. The van der Waals surface area contributed by atoms with Crippen LogP contribution in [0.5, 0.6) is 0 Å². The molecule has 18 heavy (non-hydrogen) atoms. The van der Waals surface area contributed by atoms with Crippen molar-refractivity contribution in [3.05, 3.63) is 16.1 Å². The molecule has 1 fully saturated rings. The summed E-state index contributed by atoms with van der Waals surface area (Å²) in [5, 5.41) is 7.34. The van der Waals surface area contributed by atoms with Gasteiger partial charge in [-0.15, -0.1) is 11.3 Å². The molecule has 1 heterocycles. The van der Waals surface area contributed by atoms with Crippen LogP contribution in [0.2, 0.25) is 0 Å². The van der Waals surface area contributed by atoms with Crippen molar-refractivity contribution >= 4 is 17.2 Å². The molecule has 1 aromatic heterocycles. The van der Waals surface area contributed by atoms with Gasteiger partial charge in [-0.1, -0.05) is 12.8 Å². The molecule has 2 N–H and O–H groups in total. The third kappa shape index (κ3) is 3.78. The Morgan fingerprint density at radius 1 is 1.56 bits per heavy atom. The monoisotopic (exact) mass is 267 g/mol. The highest BCUT2D eigenvalue weighted by Gasteiger charge is 2.17. The van der Waals surface area contributed by atoms with E-state index in [4.69, 9.17) is 0 Å². The Morgan fingerprint density at radius 2 is 2.28 bits per heavy atom.